The Kier molecular flexibility index (Phi) is 6.64. The molecule has 0 atom stereocenters. The number of carbonyl (C=O) groups excluding carboxylic acids is 2. The van der Waals surface area contributed by atoms with E-state index in [1.165, 1.54) is 11.0 Å². The van der Waals surface area contributed by atoms with Crippen molar-refractivity contribution in [3.63, 3.8) is 0 Å². The Morgan fingerprint density at radius 2 is 1.69 bits per heavy atom. The minimum Gasteiger partial charge on any atom is -0.461 e. The predicted molar refractivity (Wildman–Crippen MR) is 127 cm³/mol. The van der Waals surface area contributed by atoms with E-state index < -0.39 is 11.7 Å². The molecule has 2 amide bonds. The number of benzene rings is 3. The molecule has 1 aromatic heterocycles. The van der Waals surface area contributed by atoms with Gasteiger partial charge in [-0.05, 0) is 47.0 Å². The molecule has 4 aromatic rings. The first-order valence-corrected chi connectivity index (χ1v) is 10.9. The molecule has 1 heterocycles. The Morgan fingerprint density at radius 3 is 2.43 bits per heavy atom. The van der Waals surface area contributed by atoms with Crippen molar-refractivity contribution >= 4 is 22.8 Å². The van der Waals surface area contributed by atoms with E-state index in [0.29, 0.717) is 22.5 Å². The van der Waals surface area contributed by atoms with E-state index in [1.54, 1.807) is 44.4 Å². The lowest BCUT2D eigenvalue weighted by Crippen LogP contribution is -2.36. The van der Waals surface area contributed by atoms with Gasteiger partial charge in [-0.1, -0.05) is 42.5 Å². The van der Waals surface area contributed by atoms with Crippen LogP contribution in [0, 0.1) is 0 Å². The number of hydrogen-bond donors (Lipinski definition) is 1. The van der Waals surface area contributed by atoms with E-state index in [2.05, 4.69) is 5.32 Å². The van der Waals surface area contributed by atoms with Crippen LogP contribution in [-0.4, -0.2) is 37.4 Å². The zero-order chi connectivity index (χ0) is 25.2. The molecule has 0 fully saturated rings. The summed E-state index contributed by atoms with van der Waals surface area (Å²) in [5, 5.41) is 3.40. The van der Waals surface area contributed by atoms with Crippen LogP contribution < -0.4 is 5.32 Å². The molecule has 0 aliphatic heterocycles. The smallest absolute Gasteiger partial charge is 0.416 e. The molecule has 4 rings (SSSR count). The van der Waals surface area contributed by atoms with Gasteiger partial charge in [-0.15, -0.1) is 0 Å². The Balaban J connectivity index is 1.60. The molecule has 5 nitrogen and oxygen atoms in total. The highest BCUT2D eigenvalue weighted by atomic mass is 19.4. The first-order chi connectivity index (χ1) is 16.6. The largest absolute Gasteiger partial charge is 0.461 e. The molecule has 0 spiro atoms. The van der Waals surface area contributed by atoms with Gasteiger partial charge in [0, 0.05) is 31.5 Å². The number of nitrogens with one attached hydrogen (secondary N) is 1. The van der Waals surface area contributed by atoms with E-state index in [0.717, 1.165) is 28.6 Å². The average Bonchev–Trinajstić information content (AvgIpc) is 3.24. The van der Waals surface area contributed by atoms with Crippen molar-refractivity contribution < 1.29 is 27.2 Å². The third-order valence-corrected chi connectivity index (χ3v) is 5.58. The number of rotatable bonds is 6. The molecule has 1 N–H and O–H groups in total. The second kappa shape index (κ2) is 9.66. The van der Waals surface area contributed by atoms with Gasteiger partial charge < -0.3 is 14.6 Å². The first kappa shape index (κ1) is 24.1. The highest BCUT2D eigenvalue weighted by Crippen LogP contribution is 2.33. The minimum absolute atomic E-state index is 0.105. The maximum Gasteiger partial charge on any atom is 0.416 e. The van der Waals surface area contributed by atoms with Gasteiger partial charge in [0.25, 0.3) is 5.91 Å². The highest BCUT2D eigenvalue weighted by Gasteiger charge is 2.30. The molecule has 8 heteroatoms. The molecule has 3 aromatic carbocycles. The molecule has 0 saturated carbocycles. The molecule has 0 radical (unpaired) electrons. The van der Waals surface area contributed by atoms with Crippen LogP contribution in [0.1, 0.15) is 27.2 Å². The molecule has 0 saturated heterocycles. The molecule has 180 valence electrons. The third kappa shape index (κ3) is 5.54. The zero-order valence-electron chi connectivity index (χ0n) is 19.1. The summed E-state index contributed by atoms with van der Waals surface area (Å²) in [7, 11) is 3.23. The predicted octanol–water partition coefficient (Wildman–Crippen LogP) is 5.53. The number of nitrogens with zero attached hydrogens (tertiary/aromatic N) is 1. The normalized spacial score (nSPS) is 11.5. The van der Waals surface area contributed by atoms with Gasteiger partial charge in [0.2, 0.25) is 5.91 Å². The summed E-state index contributed by atoms with van der Waals surface area (Å²) in [6.45, 7) is -0.105. The summed E-state index contributed by atoms with van der Waals surface area (Å²) in [6, 6.07) is 19.5. The Hall–Kier alpha value is -4.07. The second-order valence-corrected chi connectivity index (χ2v) is 8.36. The van der Waals surface area contributed by atoms with Gasteiger partial charge in [-0.25, -0.2) is 0 Å². The third-order valence-electron chi connectivity index (χ3n) is 5.58. The van der Waals surface area contributed by atoms with E-state index in [1.807, 2.05) is 24.3 Å². The molecule has 0 unspecified atom stereocenters. The van der Waals surface area contributed by atoms with Gasteiger partial charge in [0.1, 0.15) is 11.3 Å². The maximum atomic E-state index is 13.1. The fraction of sp³-hybridized carbons (Fsp3) is 0.185. The van der Waals surface area contributed by atoms with Crippen LogP contribution in [0.15, 0.2) is 77.2 Å². The highest BCUT2D eigenvalue weighted by molar-refractivity contribution is 5.99. The van der Waals surface area contributed by atoms with Gasteiger partial charge in [-0.2, -0.15) is 13.2 Å². The SMILES string of the molecule is CN(C)C(=O)CNC(=O)c1cccc(-c2cccc3oc(Cc4cccc(C(F)(F)F)c4)cc23)c1. The van der Waals surface area contributed by atoms with Gasteiger partial charge >= 0.3 is 6.18 Å². The lowest BCUT2D eigenvalue weighted by molar-refractivity contribution is -0.137. The van der Waals surface area contributed by atoms with Gasteiger partial charge in [0.05, 0.1) is 12.1 Å². The average molecular weight is 480 g/mol. The molecular weight excluding hydrogens is 457 g/mol. The standard InChI is InChI=1S/C27H23F3N2O3/c1-32(2)25(33)16-31-26(34)19-8-4-7-18(14-19)22-10-5-11-24-23(22)15-21(35-24)13-17-6-3-9-20(12-17)27(28,29)30/h3-12,14-15H,13,16H2,1-2H3,(H,31,34). The van der Waals surface area contributed by atoms with Gasteiger partial charge in [-0.3, -0.25) is 9.59 Å². The zero-order valence-corrected chi connectivity index (χ0v) is 19.1. The number of hydrogen-bond acceptors (Lipinski definition) is 3. The van der Waals surface area contributed by atoms with Crippen molar-refractivity contribution in [1.82, 2.24) is 10.2 Å². The van der Waals surface area contributed by atoms with Crippen LogP contribution in [0.5, 0.6) is 0 Å². The number of furan rings is 1. The number of alkyl halides is 3. The number of likely N-dealkylation sites (N-methyl/N-ethyl adjacent to an activating group) is 1. The fourth-order valence-corrected chi connectivity index (χ4v) is 3.76. The van der Waals surface area contributed by atoms with Crippen LogP contribution in [-0.2, 0) is 17.4 Å². The van der Waals surface area contributed by atoms with E-state index >= 15 is 0 Å². The Bertz CT molecular complexity index is 1390. The van der Waals surface area contributed by atoms with Crippen molar-refractivity contribution in [2.75, 3.05) is 20.6 Å². The molecular formula is C27H23F3N2O3. The maximum absolute atomic E-state index is 13.1. The minimum atomic E-state index is -4.41. The van der Waals surface area contributed by atoms with Gasteiger partial charge in [0.15, 0.2) is 0 Å². The quantitative estimate of drug-likeness (QED) is 0.395. The first-order valence-electron chi connectivity index (χ1n) is 10.9. The van der Waals surface area contributed by atoms with E-state index in [9.17, 15) is 22.8 Å². The number of amides is 2. The summed E-state index contributed by atoms with van der Waals surface area (Å²) in [5.74, 6) is -0.0551. The Morgan fingerprint density at radius 1 is 0.943 bits per heavy atom. The van der Waals surface area contributed by atoms with Crippen molar-refractivity contribution in [1.29, 1.82) is 0 Å². The van der Waals surface area contributed by atoms with E-state index in [4.69, 9.17) is 4.42 Å². The lowest BCUT2D eigenvalue weighted by Gasteiger charge is -2.11. The fourth-order valence-electron chi connectivity index (χ4n) is 3.76. The van der Waals surface area contributed by atoms with Crippen LogP contribution in [0.2, 0.25) is 0 Å². The number of fused-ring (bicyclic) bond motifs is 1. The Labute approximate surface area is 200 Å². The summed E-state index contributed by atoms with van der Waals surface area (Å²) in [6.07, 6.45) is -4.20. The second-order valence-electron chi connectivity index (χ2n) is 8.36. The van der Waals surface area contributed by atoms with Crippen LogP contribution in [0.3, 0.4) is 0 Å². The van der Waals surface area contributed by atoms with Crippen molar-refractivity contribution in [2.24, 2.45) is 0 Å². The van der Waals surface area contributed by atoms with E-state index in [-0.39, 0.29) is 24.8 Å². The summed E-state index contributed by atoms with van der Waals surface area (Å²) in [5.41, 5.74) is 2.38. The summed E-state index contributed by atoms with van der Waals surface area (Å²) in [4.78, 5) is 25.7. The summed E-state index contributed by atoms with van der Waals surface area (Å²) < 4.78 is 45.1. The number of carbonyl (C=O) groups is 2. The van der Waals surface area contributed by atoms with Crippen LogP contribution in [0.25, 0.3) is 22.1 Å². The van der Waals surface area contributed by atoms with Crippen LogP contribution >= 0.6 is 0 Å². The van der Waals surface area contributed by atoms with Crippen molar-refractivity contribution in [3.8, 4) is 11.1 Å². The molecule has 0 bridgehead atoms. The van der Waals surface area contributed by atoms with Crippen molar-refractivity contribution in [3.05, 3.63) is 95.2 Å². The lowest BCUT2D eigenvalue weighted by atomic mass is 9.99. The monoisotopic (exact) mass is 480 g/mol. The van der Waals surface area contributed by atoms with Crippen LogP contribution in [0.4, 0.5) is 13.2 Å². The number of halogens is 3. The summed E-state index contributed by atoms with van der Waals surface area (Å²) >= 11 is 0. The molecule has 0 aliphatic carbocycles. The molecule has 35 heavy (non-hydrogen) atoms. The topological polar surface area (TPSA) is 62.6 Å². The molecule has 0 aliphatic rings. The van der Waals surface area contributed by atoms with Crippen molar-refractivity contribution in [2.45, 2.75) is 12.6 Å².